The molecule has 13 heavy (non-hydrogen) atoms. The van der Waals surface area contributed by atoms with Gasteiger partial charge in [0.2, 0.25) is 0 Å². The second-order valence-corrected chi connectivity index (χ2v) is 3.57. The van der Waals surface area contributed by atoms with Gasteiger partial charge in [0.25, 0.3) is 5.91 Å². The second-order valence-electron chi connectivity index (χ2n) is 2.45. The van der Waals surface area contributed by atoms with E-state index in [1.165, 1.54) is 6.26 Å². The zero-order valence-corrected chi connectivity index (χ0v) is 8.72. The minimum atomic E-state index is -0.266. The van der Waals surface area contributed by atoms with Crippen LogP contribution in [0.4, 0.5) is 0 Å². The van der Waals surface area contributed by atoms with Crippen LogP contribution in [0.5, 0.6) is 0 Å². The molecule has 5 heteroatoms. The summed E-state index contributed by atoms with van der Waals surface area (Å²) in [4.78, 5) is 15.1. The molecule has 0 aromatic carbocycles. The molecule has 0 aliphatic carbocycles. The summed E-state index contributed by atoms with van der Waals surface area (Å²) in [5, 5.41) is 2.60. The van der Waals surface area contributed by atoms with Crippen molar-refractivity contribution >= 4 is 21.8 Å². The van der Waals surface area contributed by atoms with Gasteiger partial charge in [0.1, 0.15) is 6.26 Å². The Balaban J connectivity index is 2.54. The van der Waals surface area contributed by atoms with Crippen molar-refractivity contribution in [3.05, 3.63) is 28.9 Å². The number of nitrogens with one attached hydrogen (secondary N) is 1. The van der Waals surface area contributed by atoms with Gasteiger partial charge in [-0.1, -0.05) is 22.5 Å². The summed E-state index contributed by atoms with van der Waals surface area (Å²) < 4.78 is 5.60. The lowest BCUT2D eigenvalue weighted by molar-refractivity contribution is 0.0953. The molecule has 4 nitrogen and oxygen atoms in total. The number of carbonyl (C=O) groups excluding carboxylic acids is 1. The van der Waals surface area contributed by atoms with Crippen LogP contribution in [0.2, 0.25) is 0 Å². The van der Waals surface area contributed by atoms with Crippen molar-refractivity contribution in [2.45, 2.75) is 6.92 Å². The largest absolute Gasteiger partial charge is 0.448 e. The number of amides is 1. The van der Waals surface area contributed by atoms with E-state index in [4.69, 9.17) is 4.42 Å². The van der Waals surface area contributed by atoms with Crippen molar-refractivity contribution in [1.29, 1.82) is 0 Å². The zero-order valence-electron chi connectivity index (χ0n) is 7.13. The van der Waals surface area contributed by atoms with Gasteiger partial charge in [-0.15, -0.1) is 0 Å². The summed E-state index contributed by atoms with van der Waals surface area (Å²) in [5.74, 6) is 0.209. The normalized spacial score (nSPS) is 9.69. The first-order chi connectivity index (χ1) is 6.09. The topological polar surface area (TPSA) is 55.1 Å². The Hall–Kier alpha value is -1.10. The molecule has 0 aliphatic rings. The standard InChI is InChI=1S/C8H9BrN2O2/c1-5(9)3-10-8(12)7-4-13-6(2)11-7/h4H,1,3H2,2H3,(H,10,12). The van der Waals surface area contributed by atoms with Gasteiger partial charge in [-0.2, -0.15) is 0 Å². The summed E-state index contributed by atoms with van der Waals surface area (Å²) in [6.07, 6.45) is 1.32. The lowest BCUT2D eigenvalue weighted by Crippen LogP contribution is -2.24. The third-order valence-electron chi connectivity index (χ3n) is 1.29. The van der Waals surface area contributed by atoms with E-state index in [2.05, 4.69) is 32.8 Å². The molecule has 0 radical (unpaired) electrons. The first kappa shape index (κ1) is 9.98. The Morgan fingerprint density at radius 3 is 3.00 bits per heavy atom. The minimum Gasteiger partial charge on any atom is -0.448 e. The highest BCUT2D eigenvalue weighted by Crippen LogP contribution is 2.01. The van der Waals surface area contributed by atoms with Gasteiger partial charge in [0.05, 0.1) is 0 Å². The number of aryl methyl sites for hydroxylation is 1. The number of aromatic nitrogens is 1. The molecule has 1 rings (SSSR count). The molecule has 0 bridgehead atoms. The molecular formula is C8H9BrN2O2. The van der Waals surface area contributed by atoms with Crippen LogP contribution < -0.4 is 5.32 Å². The van der Waals surface area contributed by atoms with Gasteiger partial charge in [0.15, 0.2) is 11.6 Å². The van der Waals surface area contributed by atoms with Crippen molar-refractivity contribution in [3.63, 3.8) is 0 Å². The highest BCUT2D eigenvalue weighted by Gasteiger charge is 2.09. The summed E-state index contributed by atoms with van der Waals surface area (Å²) in [5.41, 5.74) is 0.284. The van der Waals surface area contributed by atoms with Crippen LogP contribution in [0.1, 0.15) is 16.4 Å². The molecule has 1 heterocycles. The third kappa shape index (κ3) is 3.02. The molecule has 70 valence electrons. The van der Waals surface area contributed by atoms with Gasteiger partial charge < -0.3 is 9.73 Å². The van der Waals surface area contributed by atoms with Crippen LogP contribution in [0, 0.1) is 6.92 Å². The predicted octanol–water partition coefficient (Wildman–Crippen LogP) is 1.62. The second kappa shape index (κ2) is 4.23. The Kier molecular flexibility index (Phi) is 3.25. The smallest absolute Gasteiger partial charge is 0.273 e. The maximum atomic E-state index is 11.3. The molecule has 1 N–H and O–H groups in total. The molecule has 0 saturated carbocycles. The van der Waals surface area contributed by atoms with Crippen LogP contribution in [-0.4, -0.2) is 17.4 Å². The van der Waals surface area contributed by atoms with Gasteiger partial charge in [0, 0.05) is 18.0 Å². The number of halogens is 1. The van der Waals surface area contributed by atoms with Crippen LogP contribution in [-0.2, 0) is 0 Å². The van der Waals surface area contributed by atoms with Crippen molar-refractivity contribution in [2.24, 2.45) is 0 Å². The van der Waals surface area contributed by atoms with Crippen LogP contribution >= 0.6 is 15.9 Å². The third-order valence-corrected chi connectivity index (χ3v) is 1.57. The Morgan fingerprint density at radius 2 is 2.54 bits per heavy atom. The molecule has 0 aliphatic heterocycles. The summed E-state index contributed by atoms with van der Waals surface area (Å²) in [6, 6.07) is 0. The van der Waals surface area contributed by atoms with E-state index < -0.39 is 0 Å². The number of hydrogen-bond donors (Lipinski definition) is 1. The molecular weight excluding hydrogens is 236 g/mol. The fourth-order valence-electron chi connectivity index (χ4n) is 0.734. The van der Waals surface area contributed by atoms with E-state index in [1.54, 1.807) is 6.92 Å². The van der Waals surface area contributed by atoms with Crippen LogP contribution in [0.3, 0.4) is 0 Å². The molecule has 0 saturated heterocycles. The average Bonchev–Trinajstić information content (AvgIpc) is 2.47. The quantitative estimate of drug-likeness (QED) is 0.880. The first-order valence-electron chi connectivity index (χ1n) is 3.63. The van der Waals surface area contributed by atoms with E-state index in [9.17, 15) is 4.79 Å². The summed E-state index contributed by atoms with van der Waals surface area (Å²) in [6.45, 7) is 5.64. The highest BCUT2D eigenvalue weighted by atomic mass is 79.9. The zero-order chi connectivity index (χ0) is 9.84. The summed E-state index contributed by atoms with van der Waals surface area (Å²) >= 11 is 3.13. The van der Waals surface area contributed by atoms with Crippen molar-refractivity contribution in [1.82, 2.24) is 10.3 Å². The maximum Gasteiger partial charge on any atom is 0.273 e. The Morgan fingerprint density at radius 1 is 1.85 bits per heavy atom. The fourth-order valence-corrected chi connectivity index (χ4v) is 0.875. The minimum absolute atomic E-state index is 0.266. The van der Waals surface area contributed by atoms with Crippen molar-refractivity contribution < 1.29 is 9.21 Å². The molecule has 0 atom stereocenters. The van der Waals surface area contributed by atoms with E-state index in [1.807, 2.05) is 0 Å². The van der Waals surface area contributed by atoms with Gasteiger partial charge in [-0.3, -0.25) is 4.79 Å². The molecule has 1 aromatic heterocycles. The molecule has 0 spiro atoms. The SMILES string of the molecule is C=C(Br)CNC(=O)c1coc(C)n1. The average molecular weight is 245 g/mol. The predicted molar refractivity (Wildman–Crippen MR) is 51.6 cm³/mol. The lowest BCUT2D eigenvalue weighted by atomic mass is 10.4. The van der Waals surface area contributed by atoms with Crippen LogP contribution in [0.15, 0.2) is 21.7 Å². The molecule has 0 fully saturated rings. The first-order valence-corrected chi connectivity index (χ1v) is 4.42. The lowest BCUT2D eigenvalue weighted by Gasteiger charge is -1.99. The number of oxazole rings is 1. The van der Waals surface area contributed by atoms with E-state index in [-0.39, 0.29) is 11.6 Å². The molecule has 1 amide bonds. The van der Waals surface area contributed by atoms with Crippen molar-refractivity contribution in [2.75, 3.05) is 6.54 Å². The monoisotopic (exact) mass is 244 g/mol. The number of hydrogen-bond acceptors (Lipinski definition) is 3. The van der Waals surface area contributed by atoms with Crippen LogP contribution in [0.25, 0.3) is 0 Å². The molecule has 0 unspecified atom stereocenters. The Labute approximate surface area is 84.2 Å². The van der Waals surface area contributed by atoms with E-state index >= 15 is 0 Å². The number of carbonyl (C=O) groups is 1. The highest BCUT2D eigenvalue weighted by molar-refractivity contribution is 9.11. The summed E-state index contributed by atoms with van der Waals surface area (Å²) in [7, 11) is 0. The maximum absolute atomic E-state index is 11.3. The van der Waals surface area contributed by atoms with Gasteiger partial charge in [-0.05, 0) is 0 Å². The van der Waals surface area contributed by atoms with E-state index in [0.717, 1.165) is 0 Å². The van der Waals surface area contributed by atoms with E-state index in [0.29, 0.717) is 16.9 Å². The number of nitrogens with zero attached hydrogens (tertiary/aromatic N) is 1. The number of rotatable bonds is 3. The van der Waals surface area contributed by atoms with Gasteiger partial charge >= 0.3 is 0 Å². The fraction of sp³-hybridized carbons (Fsp3) is 0.250. The van der Waals surface area contributed by atoms with Crippen molar-refractivity contribution in [3.8, 4) is 0 Å². The van der Waals surface area contributed by atoms with Gasteiger partial charge in [-0.25, -0.2) is 4.98 Å². The Bertz CT molecular complexity index is 333. The molecule has 1 aromatic rings.